The van der Waals surface area contributed by atoms with Crippen LogP contribution in [-0.2, 0) is 40.9 Å². The first kappa shape index (κ1) is 37.4. The van der Waals surface area contributed by atoms with Crippen LogP contribution in [0.3, 0.4) is 0 Å². The van der Waals surface area contributed by atoms with Crippen LogP contribution in [0.2, 0.25) is 5.02 Å². The number of ether oxygens (including phenoxy) is 1. The number of rotatable bonds is 7. The van der Waals surface area contributed by atoms with E-state index in [1.807, 2.05) is 43.9 Å². The summed E-state index contributed by atoms with van der Waals surface area (Å²) in [6.07, 6.45) is -1.80. The first-order valence-electron chi connectivity index (χ1n) is 18.1. The van der Waals surface area contributed by atoms with Crippen LogP contribution in [-0.4, -0.2) is 76.1 Å². The summed E-state index contributed by atoms with van der Waals surface area (Å²) < 4.78 is 48.7. The number of aromatic hydroxyl groups is 1. The minimum absolute atomic E-state index is 0.0199. The number of fused-ring (bicyclic) bond motifs is 3. The lowest BCUT2D eigenvalue weighted by molar-refractivity contribution is -0.137. The zero-order valence-electron chi connectivity index (χ0n) is 30.8. The second-order valence-electron chi connectivity index (χ2n) is 14.7. The van der Waals surface area contributed by atoms with Gasteiger partial charge in [-0.1, -0.05) is 30.7 Å². The van der Waals surface area contributed by atoms with E-state index in [0.717, 1.165) is 29.3 Å². The van der Waals surface area contributed by atoms with Crippen LogP contribution in [0, 0.1) is 6.92 Å². The van der Waals surface area contributed by atoms with Crippen LogP contribution in [0.25, 0.3) is 17.2 Å². The first-order chi connectivity index (χ1) is 26.6. The molecule has 292 valence electrons. The fourth-order valence-corrected chi connectivity index (χ4v) is 8.18. The molecule has 8 rings (SSSR count). The Balaban J connectivity index is 1.20. The standard InChI is InChI=1S/C38H37ClF3N9O5/c1-5-26-31(48-12-13-49(28-11-10-27(28)48)34(54)30-32(53)19(2)43-18-44-30)35(55)51-36(46-33(47-51)20-6-8-23-21(14-20)17-56-37(23,3)4)50(26)16-29(52)45-25-9-7-22(15-24(25)39)38(40,41)42/h6-9,14-15,18,27-28,53H,5,10-13,16-17H2,1-4H3,(H,45,52)/t27-,28+/m1/s1. The lowest BCUT2D eigenvalue weighted by Gasteiger charge is -2.54. The Morgan fingerprint density at radius 1 is 1.09 bits per heavy atom. The van der Waals surface area contributed by atoms with Gasteiger partial charge in [-0.3, -0.25) is 14.4 Å². The molecule has 2 fully saturated rings. The summed E-state index contributed by atoms with van der Waals surface area (Å²) in [6.45, 7) is 7.85. The molecule has 2 amide bonds. The number of hydrogen-bond acceptors (Lipinski definition) is 10. The van der Waals surface area contributed by atoms with Crippen LogP contribution in [0.4, 0.5) is 24.5 Å². The van der Waals surface area contributed by atoms with Gasteiger partial charge in [-0.25, -0.2) is 9.97 Å². The molecule has 1 aliphatic carbocycles. The Bertz CT molecular complexity index is 2500. The topological polar surface area (TPSA) is 160 Å². The van der Waals surface area contributed by atoms with E-state index in [9.17, 15) is 32.7 Å². The maximum atomic E-state index is 14.7. The Hall–Kier alpha value is -5.55. The molecule has 0 spiro atoms. The minimum atomic E-state index is -4.62. The number of amides is 2. The number of nitrogens with one attached hydrogen (secondary N) is 1. The van der Waals surface area contributed by atoms with Crippen molar-refractivity contribution in [2.45, 2.75) is 84.0 Å². The van der Waals surface area contributed by atoms with Gasteiger partial charge < -0.3 is 29.5 Å². The Morgan fingerprint density at radius 2 is 1.86 bits per heavy atom. The summed E-state index contributed by atoms with van der Waals surface area (Å²) in [5, 5.41) is 17.6. The number of anilines is 2. The van der Waals surface area contributed by atoms with E-state index in [1.165, 1.54) is 10.8 Å². The molecule has 2 aliphatic heterocycles. The molecule has 2 aromatic carbocycles. The largest absolute Gasteiger partial charge is 0.504 e. The van der Waals surface area contributed by atoms with Crippen molar-refractivity contribution in [2.24, 2.45) is 0 Å². The van der Waals surface area contributed by atoms with Crippen molar-refractivity contribution in [3.63, 3.8) is 0 Å². The second kappa shape index (κ2) is 13.6. The molecule has 2 atom stereocenters. The summed E-state index contributed by atoms with van der Waals surface area (Å²) in [7, 11) is 0. The smallest absolute Gasteiger partial charge is 0.416 e. The number of benzene rings is 2. The van der Waals surface area contributed by atoms with Gasteiger partial charge in [0.05, 0.1) is 45.9 Å². The van der Waals surface area contributed by atoms with E-state index >= 15 is 0 Å². The zero-order valence-corrected chi connectivity index (χ0v) is 31.6. The number of hydrogen-bond donors (Lipinski definition) is 2. The van der Waals surface area contributed by atoms with Gasteiger partial charge in [0.1, 0.15) is 18.6 Å². The lowest BCUT2D eigenvalue weighted by Crippen LogP contribution is -2.67. The van der Waals surface area contributed by atoms with Crippen LogP contribution in [0.1, 0.15) is 72.2 Å². The Morgan fingerprint density at radius 3 is 2.55 bits per heavy atom. The van der Waals surface area contributed by atoms with E-state index in [4.69, 9.17) is 21.3 Å². The van der Waals surface area contributed by atoms with Gasteiger partial charge in [0, 0.05) is 24.7 Å². The molecule has 0 unspecified atom stereocenters. The monoisotopic (exact) mass is 791 g/mol. The number of aryl methyl sites for hydroxylation is 1. The van der Waals surface area contributed by atoms with Gasteiger partial charge in [0.25, 0.3) is 11.5 Å². The van der Waals surface area contributed by atoms with Gasteiger partial charge in [0.15, 0.2) is 17.3 Å². The summed E-state index contributed by atoms with van der Waals surface area (Å²) in [6, 6.07) is 7.80. The molecule has 0 radical (unpaired) electrons. The molecule has 3 aromatic heterocycles. The molecule has 18 heteroatoms. The summed E-state index contributed by atoms with van der Waals surface area (Å²) in [5.74, 6) is -1.02. The molecule has 5 aromatic rings. The molecule has 14 nitrogen and oxygen atoms in total. The number of alkyl halides is 3. The quantitative estimate of drug-likeness (QED) is 0.216. The maximum Gasteiger partial charge on any atom is 0.416 e. The SMILES string of the molecule is CCc1c(N2CCN(C(=O)c3ncnc(C)c3O)[C@H]3CC[C@H]32)c(=O)n2nc(-c3ccc4c(c3)COC4(C)C)nc2n1CC(=O)Nc1ccc(C(F)(F)F)cc1Cl. The first-order valence-corrected chi connectivity index (χ1v) is 18.5. The number of piperazine rings is 1. The van der Waals surface area contributed by atoms with E-state index in [0.29, 0.717) is 36.4 Å². The van der Waals surface area contributed by atoms with Gasteiger partial charge >= 0.3 is 6.18 Å². The van der Waals surface area contributed by atoms with Gasteiger partial charge in [-0.15, -0.1) is 5.10 Å². The van der Waals surface area contributed by atoms with Crippen molar-refractivity contribution in [3.05, 3.63) is 91.9 Å². The van der Waals surface area contributed by atoms with Crippen molar-refractivity contribution in [1.82, 2.24) is 34.0 Å². The fraction of sp³-hybridized carbons (Fsp3) is 0.395. The predicted octanol–water partition coefficient (Wildman–Crippen LogP) is 5.49. The second-order valence-corrected chi connectivity index (χ2v) is 15.1. The Kier molecular flexibility index (Phi) is 9.06. The van der Waals surface area contributed by atoms with E-state index < -0.39 is 34.7 Å². The highest BCUT2D eigenvalue weighted by Gasteiger charge is 2.47. The van der Waals surface area contributed by atoms with Crippen LogP contribution < -0.4 is 15.8 Å². The van der Waals surface area contributed by atoms with Gasteiger partial charge in [0.2, 0.25) is 11.7 Å². The highest BCUT2D eigenvalue weighted by atomic mass is 35.5. The maximum absolute atomic E-state index is 14.7. The molecule has 1 saturated carbocycles. The predicted molar refractivity (Wildman–Crippen MR) is 199 cm³/mol. The third kappa shape index (κ3) is 6.22. The van der Waals surface area contributed by atoms with Crippen molar-refractivity contribution in [2.75, 3.05) is 23.3 Å². The number of halogens is 4. The van der Waals surface area contributed by atoms with Crippen molar-refractivity contribution >= 4 is 40.6 Å². The van der Waals surface area contributed by atoms with Gasteiger partial charge in [-0.05, 0) is 75.4 Å². The number of carbonyl (C=O) groups excluding carboxylic acids is 2. The minimum Gasteiger partial charge on any atom is -0.504 e. The average Bonchev–Trinajstić information content (AvgIpc) is 3.72. The number of carbonyl (C=O) groups is 2. The highest BCUT2D eigenvalue weighted by Crippen LogP contribution is 2.40. The molecular formula is C38H37ClF3N9O5. The van der Waals surface area contributed by atoms with Crippen LogP contribution in [0.15, 0.2) is 47.5 Å². The normalized spacial score (nSPS) is 18.8. The molecular weight excluding hydrogens is 755 g/mol. The molecule has 2 N–H and O–H groups in total. The molecule has 1 saturated heterocycles. The third-order valence-electron chi connectivity index (χ3n) is 11.0. The molecule has 5 heterocycles. The fourth-order valence-electron chi connectivity index (χ4n) is 7.95. The van der Waals surface area contributed by atoms with Crippen LogP contribution in [0.5, 0.6) is 5.75 Å². The van der Waals surface area contributed by atoms with E-state index in [-0.39, 0.29) is 77.6 Å². The highest BCUT2D eigenvalue weighted by molar-refractivity contribution is 6.33. The van der Waals surface area contributed by atoms with Gasteiger partial charge in [-0.2, -0.15) is 22.7 Å². The van der Waals surface area contributed by atoms with Crippen molar-refractivity contribution in [3.8, 4) is 17.1 Å². The van der Waals surface area contributed by atoms with E-state index in [1.54, 1.807) is 16.4 Å². The number of aromatic nitrogens is 6. The van der Waals surface area contributed by atoms with Crippen molar-refractivity contribution < 1.29 is 32.6 Å². The summed E-state index contributed by atoms with van der Waals surface area (Å²) >= 11 is 6.18. The molecule has 0 bridgehead atoms. The average molecular weight is 792 g/mol. The van der Waals surface area contributed by atoms with E-state index in [2.05, 4.69) is 20.4 Å². The Labute approximate surface area is 322 Å². The molecule has 56 heavy (non-hydrogen) atoms. The summed E-state index contributed by atoms with van der Waals surface area (Å²) in [4.78, 5) is 58.5. The van der Waals surface area contributed by atoms with Crippen LogP contribution >= 0.6 is 11.6 Å². The molecule has 3 aliphatic rings. The number of nitrogens with zero attached hydrogens (tertiary/aromatic N) is 8. The lowest BCUT2D eigenvalue weighted by atomic mass is 9.81. The van der Waals surface area contributed by atoms with Crippen molar-refractivity contribution in [1.29, 1.82) is 0 Å². The summed E-state index contributed by atoms with van der Waals surface area (Å²) in [5.41, 5.74) is 1.67. The third-order valence-corrected chi connectivity index (χ3v) is 11.3. The zero-order chi connectivity index (χ0) is 39.8.